The van der Waals surface area contributed by atoms with E-state index in [4.69, 9.17) is 10.5 Å². The van der Waals surface area contributed by atoms with E-state index in [-0.39, 0.29) is 50.0 Å². The Morgan fingerprint density at radius 1 is 0.551 bits per heavy atom. The Hall–Kier alpha value is -13.6. The van der Waals surface area contributed by atoms with Crippen LogP contribution < -0.4 is 53.6 Å². The van der Waals surface area contributed by atoms with Gasteiger partial charge in [0.15, 0.2) is 17.5 Å². The molecule has 38 nitrogen and oxygen atoms in total. The number of aromatic nitrogens is 1. The number of nitrogens with zero attached hydrogens (tertiary/aromatic N) is 5. The molecule has 16 N–H and O–H groups in total. The number of hydrogen-bond acceptors (Lipinski definition) is 21. The third-order valence-corrected chi connectivity index (χ3v) is 24.7. The van der Waals surface area contributed by atoms with Crippen molar-refractivity contribution in [2.24, 2.45) is 17.6 Å². The summed E-state index contributed by atoms with van der Waals surface area (Å²) in [4.78, 5) is 258. The van der Waals surface area contributed by atoms with Gasteiger partial charge in [-0.2, -0.15) is 0 Å². The second kappa shape index (κ2) is 49.6. The molecule has 734 valence electrons. The molecular formula is C93H116F4N16O22S. The first kappa shape index (κ1) is 106. The number of carbonyl (C=O) groups is 17. The fraction of sp³-hybridized carbons (Fsp3) is 0.473. The molecule has 6 aromatic rings. The van der Waals surface area contributed by atoms with Crippen LogP contribution in [0.1, 0.15) is 114 Å². The average Bonchev–Trinajstić information content (AvgIpc) is 1.58. The van der Waals surface area contributed by atoms with Crippen LogP contribution in [0.4, 0.5) is 17.6 Å². The predicted octanol–water partition coefficient (Wildman–Crippen LogP) is 1.07. The van der Waals surface area contributed by atoms with Gasteiger partial charge >= 0.3 is 11.9 Å². The Kier molecular flexibility index (Phi) is 38.7. The monoisotopic (exact) mass is 1920 g/mol. The zero-order chi connectivity index (χ0) is 99.6. The lowest BCUT2D eigenvalue weighted by Gasteiger charge is -2.38. The summed E-state index contributed by atoms with van der Waals surface area (Å²) in [6.07, 6.45) is -5.42. The number of phenols is 1. The topological polar surface area (TPSA) is 547 Å². The molecule has 0 unspecified atom stereocenters. The first-order valence-corrected chi connectivity index (χ1v) is 45.6. The van der Waals surface area contributed by atoms with E-state index in [1.54, 1.807) is 81.6 Å². The van der Waals surface area contributed by atoms with Crippen LogP contribution in [0, 0.1) is 35.1 Å². The molecule has 14 atom stereocenters. The lowest BCUT2D eigenvalue weighted by atomic mass is 9.98. The van der Waals surface area contributed by atoms with Crippen LogP contribution in [0.5, 0.6) is 5.75 Å². The number of aromatic amines is 1. The number of aliphatic hydroxyl groups is 1. The van der Waals surface area contributed by atoms with Crippen LogP contribution in [0.2, 0.25) is 0 Å². The highest BCUT2D eigenvalue weighted by Gasteiger charge is 2.48. The van der Waals surface area contributed by atoms with Crippen LogP contribution in [0.25, 0.3) is 10.9 Å². The van der Waals surface area contributed by atoms with Crippen LogP contribution in [-0.2, 0) is 118 Å². The highest BCUT2D eigenvalue weighted by atomic mass is 32.2. The molecule has 43 heteroatoms. The molecule has 0 radical (unpaired) electrons. The number of para-hydroxylation sites is 1. The van der Waals surface area contributed by atoms with Crippen molar-refractivity contribution in [1.29, 1.82) is 0 Å². The number of ether oxygens (including phenoxy) is 1. The number of morpholine rings is 1. The standard InChI is InChI=1S/C93H116F4N16O22S/c1-9-10-20-70-92(133)113-45-58(115)41-72(113)87(128)106-67(42-78(120)121)85(126)108-80(50(4)5)93(134)110(7)71(38-51-16-12-11-13-17-51)86(127)102-63(29-30-77(118)119)90(131)112-31-32-135-46-74(112)88(129)105-66(40-55-43-99-62-19-15-14-18-59(55)62)84(125)104-65(36-52-23-27-57(114)28-24-52)83(124)103-64(33-49(2)3)82(123)107-69(81(122)100-44-75(98)116)47-136-48-76(117)101-68(37-54-34-60(95)79(97)61(96)35-54)89(130)111(8)73(91(132)109(70)6)39-53-21-25-56(94)26-22-53/h11-19,21-28,34-35,43,49-50,58,63-74,80,99,114-115H,9-10,20,29-33,36-42,44-48H2,1-8H3,(H2,98,116)(H,100,122)(H,101,117)(H,102,127)(H,103,124)(H,104,125)(H,105,129)(H,106,128)(H,107,123)(H,108,126)(H,118,119)(H,120,121)/t58-,63+,64+,65+,66-,67+,68+,69+,70+,71+,72-,73+,74-,80-/m1/s1. The highest BCUT2D eigenvalue weighted by molar-refractivity contribution is 8.00. The molecule has 0 aliphatic carbocycles. The van der Waals surface area contributed by atoms with E-state index in [9.17, 15) is 62.8 Å². The van der Waals surface area contributed by atoms with Crippen molar-refractivity contribution in [3.8, 4) is 5.75 Å². The number of phenolic OH excluding ortho intramolecular Hbond substituents is 1. The fourth-order valence-corrected chi connectivity index (χ4v) is 17.1. The lowest BCUT2D eigenvalue weighted by molar-refractivity contribution is -0.152. The number of carbonyl (C=O) groups excluding carboxylic acids is 15. The Morgan fingerprint density at radius 2 is 1.11 bits per heavy atom. The van der Waals surface area contributed by atoms with Gasteiger partial charge in [-0.1, -0.05) is 120 Å². The molecule has 4 heterocycles. The SMILES string of the molecule is CCCC[C@H]1C(=O)N2C[C@H](O)C[C@@H]2C(=O)N[C@@H](CC(=O)O)C(=O)N[C@H](C(C)C)C(=O)N(C)[C@@H](Cc2ccccc2)C(=O)N[C@@H](CCC(=O)O)C(=O)N2CCOC[C@@H]2C(=O)N[C@H](Cc2c[nH]c3ccccc23)C(=O)N[C@@H](Cc2ccc(O)cc2)C(=O)N[C@@H](CC(C)C)C(=O)N[C@H](C(=O)NCC(N)=O)CSCC(=O)N[C@@H](Cc2cc(F)c(F)c(F)c2)C(=O)N(C)[C@@H](Cc2ccc(F)cc2)C(=O)N1C. The normalized spacial score (nSPS) is 24.0. The number of amides is 15. The van der Waals surface area contributed by atoms with Crippen LogP contribution in [0.3, 0.4) is 0 Å². The van der Waals surface area contributed by atoms with Crippen LogP contribution in [0.15, 0.2) is 121 Å². The van der Waals surface area contributed by atoms with E-state index in [1.807, 2.05) is 0 Å². The number of H-pyrrole nitrogens is 1. The Bertz CT molecular complexity index is 5310. The predicted molar refractivity (Wildman–Crippen MR) is 484 cm³/mol. The molecule has 5 aromatic carbocycles. The maximum Gasteiger partial charge on any atom is 0.305 e. The number of rotatable bonds is 24. The average molecular weight is 1920 g/mol. The van der Waals surface area contributed by atoms with E-state index >= 15 is 56.7 Å². The Labute approximate surface area is 785 Å². The minimum Gasteiger partial charge on any atom is -0.508 e. The molecule has 0 saturated carbocycles. The summed E-state index contributed by atoms with van der Waals surface area (Å²) >= 11 is 0.617. The Balaban J connectivity index is 1.15. The molecule has 3 aliphatic rings. The molecule has 3 aliphatic heterocycles. The van der Waals surface area contributed by atoms with Crippen LogP contribution in [-0.4, -0.2) is 301 Å². The number of aliphatic hydroxyl groups excluding tert-OH is 1. The number of nitrogens with two attached hydrogens (primary N) is 1. The van der Waals surface area contributed by atoms with Crippen molar-refractivity contribution < 1.29 is 124 Å². The van der Waals surface area contributed by atoms with Gasteiger partial charge in [-0.3, -0.25) is 81.5 Å². The number of nitrogens with one attached hydrogen (secondary N) is 10. The number of thioether (sulfide) groups is 1. The van der Waals surface area contributed by atoms with Crippen molar-refractivity contribution in [2.75, 3.05) is 65.5 Å². The number of carboxylic acids is 2. The number of aliphatic carboxylic acids is 2. The third kappa shape index (κ3) is 29.5. The van der Waals surface area contributed by atoms with E-state index in [1.165, 1.54) is 64.3 Å². The van der Waals surface area contributed by atoms with Gasteiger partial charge in [0, 0.05) is 102 Å². The molecule has 136 heavy (non-hydrogen) atoms. The van der Waals surface area contributed by atoms with E-state index in [0.717, 1.165) is 43.7 Å². The number of primary amides is 1. The number of aromatic hydroxyl groups is 1. The van der Waals surface area contributed by atoms with Gasteiger partial charge in [0.1, 0.15) is 90.1 Å². The largest absolute Gasteiger partial charge is 0.508 e. The zero-order valence-corrected chi connectivity index (χ0v) is 77.1. The number of unbranched alkanes of at least 4 members (excludes halogenated alkanes) is 1. The van der Waals surface area contributed by atoms with Crippen molar-refractivity contribution in [2.45, 2.75) is 203 Å². The zero-order valence-electron chi connectivity index (χ0n) is 76.3. The van der Waals surface area contributed by atoms with Gasteiger partial charge in [0.05, 0.1) is 38.0 Å². The first-order valence-electron chi connectivity index (χ1n) is 44.4. The molecular weight excluding hydrogens is 1800 g/mol. The summed E-state index contributed by atoms with van der Waals surface area (Å²) in [5.41, 5.74) is 6.92. The second-order valence-electron chi connectivity index (χ2n) is 34.7. The second-order valence-corrected chi connectivity index (χ2v) is 35.7. The molecule has 1 aromatic heterocycles. The quantitative estimate of drug-likeness (QED) is 0.0298. The number of carboxylic acid groups (broad SMARTS) is 2. The van der Waals surface area contributed by atoms with Gasteiger partial charge in [0.25, 0.3) is 0 Å². The Morgan fingerprint density at radius 3 is 1.75 bits per heavy atom. The summed E-state index contributed by atoms with van der Waals surface area (Å²) in [7, 11) is 3.43. The molecule has 0 bridgehead atoms. The smallest absolute Gasteiger partial charge is 0.305 e. The summed E-state index contributed by atoms with van der Waals surface area (Å²) < 4.78 is 65.6. The van der Waals surface area contributed by atoms with Gasteiger partial charge in [-0.05, 0) is 101 Å². The van der Waals surface area contributed by atoms with Gasteiger partial charge in [0.2, 0.25) is 88.6 Å². The molecule has 0 spiro atoms. The number of likely N-dealkylation sites (N-methyl/N-ethyl adjacent to an activating group) is 3. The summed E-state index contributed by atoms with van der Waals surface area (Å²) in [5.74, 6) is -28.5. The fourth-order valence-electron chi connectivity index (χ4n) is 16.3. The van der Waals surface area contributed by atoms with Gasteiger partial charge < -0.3 is 108 Å². The van der Waals surface area contributed by atoms with Crippen molar-refractivity contribution >= 4 is 123 Å². The van der Waals surface area contributed by atoms with Gasteiger partial charge in [-0.15, -0.1) is 11.8 Å². The maximum absolute atomic E-state index is 15.7. The van der Waals surface area contributed by atoms with Crippen molar-refractivity contribution in [3.05, 3.63) is 173 Å². The number of fused-ring (bicyclic) bond motifs is 3. The van der Waals surface area contributed by atoms with Crippen molar-refractivity contribution in [1.82, 2.24) is 77.3 Å². The molecule has 15 amide bonds. The summed E-state index contributed by atoms with van der Waals surface area (Å²) in [6, 6.07) is 3.12. The van der Waals surface area contributed by atoms with Gasteiger partial charge in [-0.25, -0.2) is 17.6 Å². The minimum absolute atomic E-state index is 0.173. The number of hydrogen-bond donors (Lipinski definition) is 15. The molecule has 3 saturated heterocycles. The third-order valence-electron chi connectivity index (χ3n) is 23.6. The first-order chi connectivity index (χ1) is 64.5. The van der Waals surface area contributed by atoms with Crippen molar-refractivity contribution in [3.63, 3.8) is 0 Å². The summed E-state index contributed by atoms with van der Waals surface area (Å²) in [5, 5.41) is 65.8. The lowest BCUT2D eigenvalue weighted by Crippen LogP contribution is -2.64. The summed E-state index contributed by atoms with van der Waals surface area (Å²) in [6.45, 7) is 5.41. The highest BCUT2D eigenvalue weighted by Crippen LogP contribution is 2.28. The molecule has 3 fully saturated rings. The number of benzene rings is 5. The number of halogens is 4. The minimum atomic E-state index is -2.09. The molecule has 9 rings (SSSR count). The maximum atomic E-state index is 15.7. The van der Waals surface area contributed by atoms with E-state index in [0.29, 0.717) is 57.9 Å². The van der Waals surface area contributed by atoms with Crippen LogP contribution >= 0.6 is 11.8 Å². The van der Waals surface area contributed by atoms with E-state index < -0.39 is 309 Å². The van der Waals surface area contributed by atoms with E-state index in [2.05, 4.69) is 52.8 Å².